The highest BCUT2D eigenvalue weighted by molar-refractivity contribution is 5.69. The Hall–Kier alpha value is -1.06. The van der Waals surface area contributed by atoms with E-state index < -0.39 is 5.60 Å². The molecule has 2 unspecified atom stereocenters. The summed E-state index contributed by atoms with van der Waals surface area (Å²) in [7, 11) is 0. The highest BCUT2D eigenvalue weighted by Gasteiger charge is 2.53. The van der Waals surface area contributed by atoms with E-state index in [1.807, 2.05) is 20.8 Å². The fraction of sp³-hybridized carbons (Fsp3) is 0.833. The molecule has 1 saturated carbocycles. The van der Waals surface area contributed by atoms with Gasteiger partial charge in [0.25, 0.3) is 0 Å². The van der Waals surface area contributed by atoms with E-state index in [1.165, 1.54) is 0 Å². The summed E-state index contributed by atoms with van der Waals surface area (Å²) in [5.74, 6) is 1.10. The number of piperidine rings is 1. The van der Waals surface area contributed by atoms with Crippen LogP contribution in [-0.4, -0.2) is 36.0 Å². The molecule has 1 heterocycles. The third-order valence-corrected chi connectivity index (χ3v) is 3.37. The van der Waals surface area contributed by atoms with Crippen LogP contribution in [0, 0.1) is 17.8 Å². The van der Waals surface area contributed by atoms with E-state index in [-0.39, 0.29) is 12.0 Å². The topological polar surface area (TPSA) is 46.6 Å². The van der Waals surface area contributed by atoms with Gasteiger partial charge in [-0.05, 0) is 39.0 Å². The number of carbonyl (C=O) groups is 2. The Labute approximate surface area is 95.9 Å². The molecule has 2 aliphatic rings. The maximum absolute atomic E-state index is 11.8. The van der Waals surface area contributed by atoms with E-state index in [1.54, 1.807) is 4.90 Å². The summed E-state index contributed by atoms with van der Waals surface area (Å²) >= 11 is 0. The van der Waals surface area contributed by atoms with Crippen molar-refractivity contribution in [2.75, 3.05) is 13.1 Å². The molecule has 0 spiro atoms. The minimum atomic E-state index is -0.443. The third kappa shape index (κ3) is 2.20. The molecule has 0 aromatic carbocycles. The smallest absolute Gasteiger partial charge is 0.410 e. The van der Waals surface area contributed by atoms with Gasteiger partial charge in [-0.15, -0.1) is 0 Å². The maximum atomic E-state index is 11.8. The zero-order valence-corrected chi connectivity index (χ0v) is 10.1. The van der Waals surface area contributed by atoms with E-state index in [0.29, 0.717) is 18.4 Å². The highest BCUT2D eigenvalue weighted by atomic mass is 16.6. The second kappa shape index (κ2) is 3.75. The molecule has 0 aromatic heterocycles. The standard InChI is InChI=1S/C12H19NO3/c1-12(2,3)16-11(15)13-5-4-8-9(6-13)10(8)7-14/h7-10H,4-6H2,1-3H3/t8?,9-,10?/m1/s1. The molecule has 0 N–H and O–H groups in total. The average molecular weight is 225 g/mol. The normalized spacial score (nSPS) is 32.9. The number of amides is 1. The molecule has 0 aromatic rings. The van der Waals surface area contributed by atoms with Gasteiger partial charge in [0.2, 0.25) is 0 Å². The lowest BCUT2D eigenvalue weighted by atomic mass is 10.1. The zero-order valence-electron chi connectivity index (χ0n) is 10.1. The van der Waals surface area contributed by atoms with Crippen LogP contribution < -0.4 is 0 Å². The van der Waals surface area contributed by atoms with Gasteiger partial charge in [0.1, 0.15) is 11.9 Å². The van der Waals surface area contributed by atoms with E-state index in [0.717, 1.165) is 19.3 Å². The Balaban J connectivity index is 1.88. The summed E-state index contributed by atoms with van der Waals surface area (Å²) in [6.07, 6.45) is 1.73. The molecule has 1 amide bonds. The first-order valence-electron chi connectivity index (χ1n) is 5.85. The zero-order chi connectivity index (χ0) is 11.9. The van der Waals surface area contributed by atoms with Crippen LogP contribution in [0.2, 0.25) is 0 Å². The number of nitrogens with zero attached hydrogens (tertiary/aromatic N) is 1. The predicted octanol–water partition coefficient (Wildman–Crippen LogP) is 1.69. The Kier molecular flexibility index (Phi) is 2.68. The van der Waals surface area contributed by atoms with E-state index in [9.17, 15) is 9.59 Å². The molecule has 2 fully saturated rings. The molecule has 16 heavy (non-hydrogen) atoms. The Morgan fingerprint density at radius 1 is 1.38 bits per heavy atom. The third-order valence-electron chi connectivity index (χ3n) is 3.37. The quantitative estimate of drug-likeness (QED) is 0.638. The summed E-state index contributed by atoms with van der Waals surface area (Å²) in [6, 6.07) is 0. The second-order valence-corrected chi connectivity index (χ2v) is 5.76. The summed E-state index contributed by atoms with van der Waals surface area (Å²) in [5, 5.41) is 0. The van der Waals surface area contributed by atoms with Crippen molar-refractivity contribution in [2.24, 2.45) is 17.8 Å². The number of fused-ring (bicyclic) bond motifs is 1. The number of hydrogen-bond acceptors (Lipinski definition) is 3. The van der Waals surface area contributed by atoms with Gasteiger partial charge in [-0.3, -0.25) is 0 Å². The summed E-state index contributed by atoms with van der Waals surface area (Å²) < 4.78 is 5.31. The van der Waals surface area contributed by atoms with Crippen LogP contribution in [0.5, 0.6) is 0 Å². The summed E-state index contributed by atoms with van der Waals surface area (Å²) in [4.78, 5) is 24.2. The fourth-order valence-electron chi connectivity index (χ4n) is 2.48. The van der Waals surface area contributed by atoms with Gasteiger partial charge < -0.3 is 14.4 Å². The lowest BCUT2D eigenvalue weighted by molar-refractivity contribution is -0.109. The predicted molar refractivity (Wildman–Crippen MR) is 59.0 cm³/mol. The molecule has 1 aliphatic heterocycles. The number of carbonyl (C=O) groups excluding carboxylic acids is 2. The van der Waals surface area contributed by atoms with Crippen molar-refractivity contribution in [3.8, 4) is 0 Å². The Bertz CT molecular complexity index is 308. The van der Waals surface area contributed by atoms with E-state index in [4.69, 9.17) is 4.74 Å². The van der Waals surface area contributed by atoms with Gasteiger partial charge in [0.15, 0.2) is 0 Å². The molecular weight excluding hydrogens is 206 g/mol. The SMILES string of the molecule is CC(C)(C)OC(=O)N1CCC2C(C=O)[C@@H]2C1. The molecule has 4 nitrogen and oxygen atoms in total. The van der Waals surface area contributed by atoms with Crippen LogP contribution in [0.3, 0.4) is 0 Å². The van der Waals surface area contributed by atoms with Crippen molar-refractivity contribution in [1.29, 1.82) is 0 Å². The molecule has 1 aliphatic carbocycles. The van der Waals surface area contributed by atoms with Crippen molar-refractivity contribution in [3.63, 3.8) is 0 Å². The summed E-state index contributed by atoms with van der Waals surface area (Å²) in [6.45, 7) is 7.00. The van der Waals surface area contributed by atoms with Crippen molar-refractivity contribution < 1.29 is 14.3 Å². The van der Waals surface area contributed by atoms with Gasteiger partial charge in [-0.1, -0.05) is 0 Å². The van der Waals surface area contributed by atoms with Gasteiger partial charge >= 0.3 is 6.09 Å². The number of rotatable bonds is 1. The maximum Gasteiger partial charge on any atom is 0.410 e. The summed E-state index contributed by atoms with van der Waals surface area (Å²) in [5.41, 5.74) is -0.443. The fourth-order valence-corrected chi connectivity index (χ4v) is 2.48. The minimum Gasteiger partial charge on any atom is -0.444 e. The second-order valence-electron chi connectivity index (χ2n) is 5.76. The van der Waals surface area contributed by atoms with Crippen LogP contribution in [0.15, 0.2) is 0 Å². The molecule has 90 valence electrons. The van der Waals surface area contributed by atoms with E-state index >= 15 is 0 Å². The van der Waals surface area contributed by atoms with Crippen molar-refractivity contribution >= 4 is 12.4 Å². The lowest BCUT2D eigenvalue weighted by Gasteiger charge is -2.29. The van der Waals surface area contributed by atoms with Crippen molar-refractivity contribution in [1.82, 2.24) is 4.90 Å². The van der Waals surface area contributed by atoms with Gasteiger partial charge in [0, 0.05) is 19.0 Å². The van der Waals surface area contributed by atoms with Gasteiger partial charge in [0.05, 0.1) is 0 Å². The Morgan fingerprint density at radius 2 is 2.06 bits per heavy atom. The van der Waals surface area contributed by atoms with Crippen LogP contribution >= 0.6 is 0 Å². The number of ether oxygens (including phenoxy) is 1. The average Bonchev–Trinajstić information content (AvgIpc) is 2.86. The first-order valence-corrected chi connectivity index (χ1v) is 5.85. The van der Waals surface area contributed by atoms with Gasteiger partial charge in [-0.25, -0.2) is 4.79 Å². The van der Waals surface area contributed by atoms with Crippen molar-refractivity contribution in [3.05, 3.63) is 0 Å². The van der Waals surface area contributed by atoms with E-state index in [2.05, 4.69) is 0 Å². The van der Waals surface area contributed by atoms with Crippen molar-refractivity contribution in [2.45, 2.75) is 32.8 Å². The molecule has 1 saturated heterocycles. The first kappa shape index (κ1) is 11.4. The Morgan fingerprint density at radius 3 is 2.62 bits per heavy atom. The van der Waals surface area contributed by atoms with Crippen LogP contribution in [0.25, 0.3) is 0 Å². The monoisotopic (exact) mass is 225 g/mol. The molecule has 0 radical (unpaired) electrons. The largest absolute Gasteiger partial charge is 0.444 e. The molecular formula is C12H19NO3. The van der Waals surface area contributed by atoms with Crippen LogP contribution in [0.1, 0.15) is 27.2 Å². The molecule has 4 heteroatoms. The highest BCUT2D eigenvalue weighted by Crippen LogP contribution is 2.50. The molecule has 3 atom stereocenters. The first-order chi connectivity index (χ1) is 7.42. The molecule has 0 bridgehead atoms. The van der Waals surface area contributed by atoms with Gasteiger partial charge in [-0.2, -0.15) is 0 Å². The number of likely N-dealkylation sites (tertiary alicyclic amines) is 1. The minimum absolute atomic E-state index is 0.187. The van der Waals surface area contributed by atoms with Crippen LogP contribution in [0.4, 0.5) is 4.79 Å². The van der Waals surface area contributed by atoms with Crippen LogP contribution in [-0.2, 0) is 9.53 Å². The lowest BCUT2D eigenvalue weighted by Crippen LogP contribution is -2.40. The number of hydrogen-bond donors (Lipinski definition) is 0. The number of aldehydes is 1. The molecule has 2 rings (SSSR count).